The monoisotopic (exact) mass is 370 g/mol. The Morgan fingerprint density at radius 2 is 1.84 bits per heavy atom. The van der Waals surface area contributed by atoms with Gasteiger partial charge in [0.2, 0.25) is 10.0 Å². The predicted octanol–water partition coefficient (Wildman–Crippen LogP) is 1.11. The van der Waals surface area contributed by atoms with Crippen LogP contribution < -0.4 is 4.72 Å². The first-order chi connectivity index (χ1) is 11.8. The number of nitrogens with zero attached hydrogens (tertiary/aromatic N) is 1. The molecule has 1 aromatic carbocycles. The van der Waals surface area contributed by atoms with Crippen LogP contribution in [0.25, 0.3) is 0 Å². The highest BCUT2D eigenvalue weighted by atomic mass is 32.2. The van der Waals surface area contributed by atoms with Crippen molar-refractivity contribution in [3.05, 3.63) is 29.8 Å². The average Bonchev–Trinajstić information content (AvgIpc) is 2.62. The molecule has 1 aromatic rings. The van der Waals surface area contributed by atoms with Crippen LogP contribution in [0.2, 0.25) is 0 Å². The molecule has 7 nitrogen and oxygen atoms in total. The molecule has 1 aliphatic heterocycles. The number of benzene rings is 1. The van der Waals surface area contributed by atoms with E-state index in [1.807, 2.05) is 0 Å². The molecule has 1 heterocycles. The van der Waals surface area contributed by atoms with Crippen molar-refractivity contribution in [3.63, 3.8) is 0 Å². The second kappa shape index (κ2) is 8.75. The molecule has 2 rings (SSSR count). The minimum atomic E-state index is -3.64. The van der Waals surface area contributed by atoms with E-state index in [0.717, 1.165) is 13.1 Å². The third-order valence-corrected chi connectivity index (χ3v) is 5.79. The molecule has 0 amide bonds. The number of rotatable bonds is 7. The van der Waals surface area contributed by atoms with E-state index >= 15 is 0 Å². The lowest BCUT2D eigenvalue weighted by Crippen LogP contribution is -2.51. The SMILES string of the molecule is COC(=O)c1ccc(S(=O)(=O)NCC(C(C)C)N2CCOCC2)cc1. The number of nitrogens with one attached hydrogen (secondary N) is 1. The van der Waals surface area contributed by atoms with Gasteiger partial charge in [-0.15, -0.1) is 0 Å². The van der Waals surface area contributed by atoms with Gasteiger partial charge in [0.15, 0.2) is 0 Å². The summed E-state index contributed by atoms with van der Waals surface area (Å²) in [5, 5.41) is 0. The Balaban J connectivity index is 2.05. The summed E-state index contributed by atoms with van der Waals surface area (Å²) in [7, 11) is -2.35. The zero-order valence-corrected chi connectivity index (χ0v) is 15.7. The summed E-state index contributed by atoms with van der Waals surface area (Å²) in [6, 6.07) is 5.82. The number of methoxy groups -OCH3 is 1. The molecule has 25 heavy (non-hydrogen) atoms. The molecular formula is C17H26N2O5S. The van der Waals surface area contributed by atoms with Crippen molar-refractivity contribution in [1.29, 1.82) is 0 Å². The van der Waals surface area contributed by atoms with Gasteiger partial charge in [0.05, 0.1) is 30.8 Å². The smallest absolute Gasteiger partial charge is 0.337 e. The molecule has 0 saturated carbocycles. The van der Waals surface area contributed by atoms with Gasteiger partial charge < -0.3 is 9.47 Å². The fourth-order valence-electron chi connectivity index (χ4n) is 2.86. The van der Waals surface area contributed by atoms with Gasteiger partial charge in [-0.3, -0.25) is 4.90 Å². The molecule has 0 radical (unpaired) electrons. The van der Waals surface area contributed by atoms with Gasteiger partial charge in [-0.1, -0.05) is 13.8 Å². The molecular weight excluding hydrogens is 344 g/mol. The first-order valence-electron chi connectivity index (χ1n) is 8.35. The average molecular weight is 370 g/mol. The van der Waals surface area contributed by atoms with Gasteiger partial charge in [0.25, 0.3) is 0 Å². The number of hydrogen-bond acceptors (Lipinski definition) is 6. The Bertz CT molecular complexity index is 667. The Hall–Kier alpha value is -1.48. The van der Waals surface area contributed by atoms with Crippen molar-refractivity contribution in [3.8, 4) is 0 Å². The van der Waals surface area contributed by atoms with Crippen LogP contribution in [0.4, 0.5) is 0 Å². The van der Waals surface area contributed by atoms with E-state index in [1.54, 1.807) is 0 Å². The van der Waals surface area contributed by atoms with Crippen molar-refractivity contribution in [2.45, 2.75) is 24.8 Å². The van der Waals surface area contributed by atoms with Gasteiger partial charge in [0.1, 0.15) is 0 Å². The van der Waals surface area contributed by atoms with Crippen molar-refractivity contribution in [2.24, 2.45) is 5.92 Å². The highest BCUT2D eigenvalue weighted by Crippen LogP contribution is 2.15. The van der Waals surface area contributed by atoms with Crippen molar-refractivity contribution in [1.82, 2.24) is 9.62 Å². The van der Waals surface area contributed by atoms with E-state index in [2.05, 4.69) is 28.2 Å². The van der Waals surface area contributed by atoms with Gasteiger partial charge in [-0.25, -0.2) is 17.9 Å². The lowest BCUT2D eigenvalue weighted by atomic mass is 10.0. The van der Waals surface area contributed by atoms with Crippen molar-refractivity contribution in [2.75, 3.05) is 40.0 Å². The third kappa shape index (κ3) is 5.24. The van der Waals surface area contributed by atoms with Gasteiger partial charge in [-0.05, 0) is 30.2 Å². The van der Waals surface area contributed by atoms with Crippen LogP contribution in [-0.4, -0.2) is 65.3 Å². The fourth-order valence-corrected chi connectivity index (χ4v) is 3.91. The van der Waals surface area contributed by atoms with E-state index in [4.69, 9.17) is 4.74 Å². The van der Waals surface area contributed by atoms with Crippen LogP contribution >= 0.6 is 0 Å². The molecule has 1 unspecified atom stereocenters. The quantitative estimate of drug-likeness (QED) is 0.724. The molecule has 1 fully saturated rings. The summed E-state index contributed by atoms with van der Waals surface area (Å²) in [5.41, 5.74) is 0.315. The van der Waals surface area contributed by atoms with Crippen LogP contribution in [0.3, 0.4) is 0 Å². The number of ether oxygens (including phenoxy) is 2. The largest absolute Gasteiger partial charge is 0.465 e. The van der Waals surface area contributed by atoms with E-state index < -0.39 is 16.0 Å². The van der Waals surface area contributed by atoms with E-state index in [9.17, 15) is 13.2 Å². The minimum absolute atomic E-state index is 0.105. The summed E-state index contributed by atoms with van der Waals surface area (Å²) >= 11 is 0. The zero-order valence-electron chi connectivity index (χ0n) is 14.9. The molecule has 1 atom stereocenters. The highest BCUT2D eigenvalue weighted by Gasteiger charge is 2.26. The Kier molecular flexibility index (Phi) is 6.95. The van der Waals surface area contributed by atoms with Crippen LogP contribution in [0, 0.1) is 5.92 Å². The Labute approximate surface area is 149 Å². The van der Waals surface area contributed by atoms with Crippen LogP contribution in [0.15, 0.2) is 29.2 Å². The minimum Gasteiger partial charge on any atom is -0.465 e. The lowest BCUT2D eigenvalue weighted by Gasteiger charge is -2.36. The van der Waals surface area contributed by atoms with Gasteiger partial charge in [-0.2, -0.15) is 0 Å². The zero-order chi connectivity index (χ0) is 18.4. The number of sulfonamides is 1. The highest BCUT2D eigenvalue weighted by molar-refractivity contribution is 7.89. The predicted molar refractivity (Wildman–Crippen MR) is 94.0 cm³/mol. The maximum atomic E-state index is 12.5. The Morgan fingerprint density at radius 3 is 2.36 bits per heavy atom. The van der Waals surface area contributed by atoms with Crippen LogP contribution in [-0.2, 0) is 19.5 Å². The third-order valence-electron chi connectivity index (χ3n) is 4.35. The van der Waals surface area contributed by atoms with Gasteiger partial charge in [0, 0.05) is 25.7 Å². The molecule has 1 N–H and O–H groups in total. The van der Waals surface area contributed by atoms with Crippen molar-refractivity contribution >= 4 is 16.0 Å². The molecule has 0 aromatic heterocycles. The van der Waals surface area contributed by atoms with Crippen LogP contribution in [0.1, 0.15) is 24.2 Å². The molecule has 0 spiro atoms. The Morgan fingerprint density at radius 1 is 1.24 bits per heavy atom. The summed E-state index contributed by atoms with van der Waals surface area (Å²) in [6.45, 7) is 7.45. The standard InChI is InChI=1S/C17H26N2O5S/c1-13(2)16(19-8-10-24-11-9-19)12-18-25(21,22)15-6-4-14(5-7-15)17(20)23-3/h4-7,13,16,18H,8-12H2,1-3H3. The first-order valence-corrected chi connectivity index (χ1v) is 9.83. The topological polar surface area (TPSA) is 84.9 Å². The number of morpholine rings is 1. The molecule has 140 valence electrons. The second-order valence-electron chi connectivity index (χ2n) is 6.33. The van der Waals surface area contributed by atoms with E-state index in [0.29, 0.717) is 31.2 Å². The summed E-state index contributed by atoms with van der Waals surface area (Å²) in [6.07, 6.45) is 0. The normalized spacial score (nSPS) is 17.4. The number of esters is 1. The summed E-state index contributed by atoms with van der Waals surface area (Å²) in [4.78, 5) is 13.8. The van der Waals surface area contributed by atoms with E-state index in [1.165, 1.54) is 31.4 Å². The van der Waals surface area contributed by atoms with Gasteiger partial charge >= 0.3 is 5.97 Å². The van der Waals surface area contributed by atoms with E-state index in [-0.39, 0.29) is 10.9 Å². The van der Waals surface area contributed by atoms with Crippen molar-refractivity contribution < 1.29 is 22.7 Å². The summed E-state index contributed by atoms with van der Waals surface area (Å²) in [5.74, 6) is -0.188. The fraction of sp³-hybridized carbons (Fsp3) is 0.588. The summed E-state index contributed by atoms with van der Waals surface area (Å²) < 4.78 is 37.7. The first kappa shape index (κ1) is 19.8. The molecule has 1 aliphatic rings. The van der Waals surface area contributed by atoms with Crippen LogP contribution in [0.5, 0.6) is 0 Å². The second-order valence-corrected chi connectivity index (χ2v) is 8.09. The number of carbonyl (C=O) groups excluding carboxylic acids is 1. The molecule has 0 aliphatic carbocycles. The maximum absolute atomic E-state index is 12.5. The molecule has 1 saturated heterocycles. The molecule has 8 heteroatoms. The lowest BCUT2D eigenvalue weighted by molar-refractivity contribution is 0.00776. The maximum Gasteiger partial charge on any atom is 0.337 e. The molecule has 0 bridgehead atoms. The number of hydrogen-bond donors (Lipinski definition) is 1. The number of carbonyl (C=O) groups is 1.